The summed E-state index contributed by atoms with van der Waals surface area (Å²) in [5, 5.41) is 26.5. The van der Waals surface area contributed by atoms with Gasteiger partial charge >= 0.3 is 0 Å². The average molecular weight is 344 g/mol. The Bertz CT molecular complexity index is 569. The van der Waals surface area contributed by atoms with Crippen molar-refractivity contribution in [3.63, 3.8) is 0 Å². The molecule has 2 rings (SSSR count). The first-order valence-electron chi connectivity index (χ1n) is 7.54. The van der Waals surface area contributed by atoms with Crippen molar-refractivity contribution in [2.45, 2.75) is 37.4 Å². The average Bonchev–Trinajstić information content (AvgIpc) is 3.37. The molecule has 24 heavy (non-hydrogen) atoms. The molecule has 0 aliphatic heterocycles. The van der Waals surface area contributed by atoms with Crippen molar-refractivity contribution >= 4 is 11.8 Å². The third-order valence-electron chi connectivity index (χ3n) is 4.27. The minimum atomic E-state index is -0.954. The fourth-order valence-electron chi connectivity index (χ4n) is 2.65. The maximum atomic E-state index is 12.1. The molecule has 2 saturated carbocycles. The van der Waals surface area contributed by atoms with E-state index in [2.05, 4.69) is 10.6 Å². The highest BCUT2D eigenvalue weighted by Gasteiger charge is 2.55. The predicted octanol–water partition coefficient (Wildman–Crippen LogP) is -1.05. The van der Waals surface area contributed by atoms with E-state index in [1.807, 2.05) is 0 Å². The van der Waals surface area contributed by atoms with Gasteiger partial charge < -0.3 is 15.4 Å². The molecular formula is C13H20N4O7. The van der Waals surface area contributed by atoms with Gasteiger partial charge in [-0.2, -0.15) is 0 Å². The molecular weight excluding hydrogens is 324 g/mol. The lowest BCUT2D eigenvalue weighted by molar-refractivity contribution is -0.497. The fraction of sp³-hybridized carbons (Fsp3) is 0.846. The standard InChI is InChI=1S/C13H20N4O7/c1-13(6-24-2,15-12(19)8-4-10(8)17(22)23)5-14-11(18)7-3-9(7)16(20)21/h7-10H,3-6H2,1-2H3,(H,14,18)(H,15,19)/t7-,8+,9+,10-,13+/m1/s1. The van der Waals surface area contributed by atoms with Gasteiger partial charge in [-0.25, -0.2) is 0 Å². The second kappa shape index (κ2) is 6.67. The number of ether oxygens (including phenoxy) is 1. The summed E-state index contributed by atoms with van der Waals surface area (Å²) in [4.78, 5) is 44.2. The first kappa shape index (κ1) is 18.0. The zero-order chi connectivity index (χ0) is 18.1. The Morgan fingerprint density at radius 2 is 1.62 bits per heavy atom. The Balaban J connectivity index is 1.86. The molecule has 2 aliphatic carbocycles. The minimum Gasteiger partial charge on any atom is -0.382 e. The summed E-state index contributed by atoms with van der Waals surface area (Å²) >= 11 is 0. The molecule has 2 fully saturated rings. The first-order chi connectivity index (χ1) is 11.2. The summed E-state index contributed by atoms with van der Waals surface area (Å²) < 4.78 is 5.04. The lowest BCUT2D eigenvalue weighted by Crippen LogP contribution is -2.57. The zero-order valence-corrected chi connectivity index (χ0v) is 13.4. The summed E-state index contributed by atoms with van der Waals surface area (Å²) in [7, 11) is 1.42. The number of carbonyl (C=O) groups excluding carboxylic acids is 2. The maximum Gasteiger partial charge on any atom is 0.230 e. The van der Waals surface area contributed by atoms with E-state index in [4.69, 9.17) is 4.74 Å². The van der Waals surface area contributed by atoms with E-state index in [-0.39, 0.29) is 26.0 Å². The quantitative estimate of drug-likeness (QED) is 0.400. The summed E-state index contributed by atoms with van der Waals surface area (Å²) in [6.45, 7) is 1.73. The van der Waals surface area contributed by atoms with Crippen LogP contribution in [0.25, 0.3) is 0 Å². The lowest BCUT2D eigenvalue weighted by atomic mass is 10.0. The molecule has 2 aliphatic rings. The smallest absolute Gasteiger partial charge is 0.230 e. The van der Waals surface area contributed by atoms with Crippen LogP contribution in [0.1, 0.15) is 19.8 Å². The van der Waals surface area contributed by atoms with E-state index < -0.39 is 51.1 Å². The number of nitrogens with zero attached hydrogens (tertiary/aromatic N) is 2. The number of amides is 2. The van der Waals surface area contributed by atoms with Crippen LogP contribution in [0.5, 0.6) is 0 Å². The number of nitro groups is 2. The van der Waals surface area contributed by atoms with Crippen molar-refractivity contribution in [1.29, 1.82) is 0 Å². The maximum absolute atomic E-state index is 12.1. The molecule has 0 aromatic carbocycles. The van der Waals surface area contributed by atoms with Crippen molar-refractivity contribution in [3.05, 3.63) is 20.2 Å². The third-order valence-corrected chi connectivity index (χ3v) is 4.27. The number of rotatable bonds is 9. The number of hydrogen-bond donors (Lipinski definition) is 2. The highest BCUT2D eigenvalue weighted by Crippen LogP contribution is 2.34. The van der Waals surface area contributed by atoms with Gasteiger partial charge in [-0.05, 0) is 6.92 Å². The molecule has 134 valence electrons. The van der Waals surface area contributed by atoms with Gasteiger partial charge in [-0.15, -0.1) is 0 Å². The highest BCUT2D eigenvalue weighted by molar-refractivity contribution is 5.83. The van der Waals surface area contributed by atoms with Crippen molar-refractivity contribution < 1.29 is 24.2 Å². The van der Waals surface area contributed by atoms with Crippen LogP contribution in [-0.2, 0) is 14.3 Å². The Labute approximate surface area is 137 Å². The van der Waals surface area contributed by atoms with Gasteiger partial charge in [0.1, 0.15) is 11.8 Å². The van der Waals surface area contributed by atoms with E-state index in [1.165, 1.54) is 7.11 Å². The Kier molecular flexibility index (Phi) is 5.02. The zero-order valence-electron chi connectivity index (χ0n) is 13.4. The molecule has 0 spiro atoms. The van der Waals surface area contributed by atoms with Gasteiger partial charge in [0.25, 0.3) is 0 Å². The van der Waals surface area contributed by atoms with E-state index in [1.54, 1.807) is 6.92 Å². The Morgan fingerprint density at radius 1 is 1.12 bits per heavy atom. The van der Waals surface area contributed by atoms with Crippen LogP contribution in [0.2, 0.25) is 0 Å². The van der Waals surface area contributed by atoms with Gasteiger partial charge in [0.15, 0.2) is 0 Å². The second-order valence-corrected chi connectivity index (χ2v) is 6.59. The van der Waals surface area contributed by atoms with Crippen molar-refractivity contribution in [3.8, 4) is 0 Å². The molecule has 5 atom stereocenters. The monoisotopic (exact) mass is 344 g/mol. The predicted molar refractivity (Wildman–Crippen MR) is 79.2 cm³/mol. The summed E-state index contributed by atoms with van der Waals surface area (Å²) in [5.41, 5.74) is -0.954. The highest BCUT2D eigenvalue weighted by atomic mass is 16.6. The summed E-state index contributed by atoms with van der Waals surface area (Å²) in [5.74, 6) is -2.22. The number of methoxy groups -OCH3 is 1. The van der Waals surface area contributed by atoms with Gasteiger partial charge in [-0.3, -0.25) is 29.8 Å². The number of carbonyl (C=O) groups is 2. The van der Waals surface area contributed by atoms with E-state index in [9.17, 15) is 29.8 Å². The van der Waals surface area contributed by atoms with Crippen LogP contribution >= 0.6 is 0 Å². The number of nitrogens with one attached hydrogen (secondary N) is 2. The fourth-order valence-corrected chi connectivity index (χ4v) is 2.65. The molecule has 11 heteroatoms. The largest absolute Gasteiger partial charge is 0.382 e. The Hall–Kier alpha value is -2.30. The van der Waals surface area contributed by atoms with Gasteiger partial charge in [0, 0.05) is 36.3 Å². The topological polar surface area (TPSA) is 154 Å². The molecule has 2 N–H and O–H groups in total. The third kappa shape index (κ3) is 4.16. The second-order valence-electron chi connectivity index (χ2n) is 6.59. The van der Waals surface area contributed by atoms with Crippen molar-refractivity contribution in [1.82, 2.24) is 10.6 Å². The lowest BCUT2D eigenvalue weighted by Gasteiger charge is -2.30. The van der Waals surface area contributed by atoms with Crippen LogP contribution in [0.3, 0.4) is 0 Å². The number of hydrogen-bond acceptors (Lipinski definition) is 7. The van der Waals surface area contributed by atoms with Gasteiger partial charge in [0.2, 0.25) is 23.9 Å². The van der Waals surface area contributed by atoms with E-state index in [0.717, 1.165) is 0 Å². The molecule has 0 aromatic rings. The molecule has 11 nitrogen and oxygen atoms in total. The van der Waals surface area contributed by atoms with Crippen LogP contribution in [0.4, 0.5) is 0 Å². The minimum absolute atomic E-state index is 0.0161. The van der Waals surface area contributed by atoms with Gasteiger partial charge in [0.05, 0.1) is 12.1 Å². The normalized spacial score (nSPS) is 29.9. The molecule has 0 unspecified atom stereocenters. The molecule has 0 radical (unpaired) electrons. The van der Waals surface area contributed by atoms with Crippen molar-refractivity contribution in [2.75, 3.05) is 20.3 Å². The summed E-state index contributed by atoms with van der Waals surface area (Å²) in [6.07, 6.45) is 0.402. The summed E-state index contributed by atoms with van der Waals surface area (Å²) in [6, 6.07) is -1.71. The van der Waals surface area contributed by atoms with E-state index in [0.29, 0.717) is 0 Å². The van der Waals surface area contributed by atoms with Crippen molar-refractivity contribution in [2.24, 2.45) is 11.8 Å². The molecule has 0 saturated heterocycles. The molecule has 0 heterocycles. The van der Waals surface area contributed by atoms with E-state index >= 15 is 0 Å². The molecule has 0 aromatic heterocycles. The van der Waals surface area contributed by atoms with Crippen LogP contribution in [-0.4, -0.2) is 59.5 Å². The van der Waals surface area contributed by atoms with Crippen LogP contribution < -0.4 is 10.6 Å². The SMILES string of the molecule is COC[C@](C)(CNC(=O)[C@@H]1C[C@@H]1[N+](=O)[O-])NC(=O)[C@H]1C[C@H]1[N+](=O)[O-]. The first-order valence-corrected chi connectivity index (χ1v) is 7.54. The molecule has 0 bridgehead atoms. The van der Waals surface area contributed by atoms with Crippen LogP contribution in [0.15, 0.2) is 0 Å². The molecule has 2 amide bonds. The Morgan fingerprint density at radius 3 is 2.04 bits per heavy atom. The van der Waals surface area contributed by atoms with Crippen LogP contribution in [0, 0.1) is 32.1 Å². The van der Waals surface area contributed by atoms with Gasteiger partial charge in [-0.1, -0.05) is 0 Å².